The number of hydrogen-bond acceptors (Lipinski definition) is 2. The van der Waals surface area contributed by atoms with Crippen LogP contribution in [0.25, 0.3) is 0 Å². The fourth-order valence-electron chi connectivity index (χ4n) is 3.21. The average molecular weight is 342 g/mol. The van der Waals surface area contributed by atoms with Crippen molar-refractivity contribution in [1.29, 1.82) is 0 Å². The molecule has 2 amide bonds. The van der Waals surface area contributed by atoms with Crippen molar-refractivity contribution in [2.45, 2.75) is 50.4 Å². The van der Waals surface area contributed by atoms with Crippen LogP contribution in [-0.4, -0.2) is 39.8 Å². The van der Waals surface area contributed by atoms with E-state index in [0.29, 0.717) is 25.9 Å². The number of carbonyl (C=O) groups excluding carboxylic acids is 1. The number of aromatic nitrogens is 2. The molecule has 8 heteroatoms. The van der Waals surface area contributed by atoms with Crippen molar-refractivity contribution in [1.82, 2.24) is 20.0 Å². The van der Waals surface area contributed by atoms with E-state index in [1.165, 1.54) is 10.9 Å². The molecule has 1 aliphatic heterocycles. The first-order valence-electron chi connectivity index (χ1n) is 8.28. The molecule has 132 valence electrons. The van der Waals surface area contributed by atoms with Crippen molar-refractivity contribution < 1.29 is 18.0 Å². The van der Waals surface area contributed by atoms with Crippen LogP contribution < -0.4 is 5.32 Å². The van der Waals surface area contributed by atoms with Crippen LogP contribution in [0.2, 0.25) is 0 Å². The second kappa shape index (κ2) is 6.86. The van der Waals surface area contributed by atoms with Crippen molar-refractivity contribution in [3.05, 3.63) is 30.1 Å². The third-order valence-electron chi connectivity index (χ3n) is 4.59. The molecular formula is C16H21F3N4O. The molecule has 1 unspecified atom stereocenters. The second-order valence-electron chi connectivity index (χ2n) is 6.31. The summed E-state index contributed by atoms with van der Waals surface area (Å²) in [6.07, 6.45) is 5.35. The summed E-state index contributed by atoms with van der Waals surface area (Å²) in [5.41, 5.74) is -0.869. The first-order valence-corrected chi connectivity index (χ1v) is 8.28. The smallest absolute Gasteiger partial charge is 0.332 e. The number of urea groups is 1. The maximum absolute atomic E-state index is 12.6. The van der Waals surface area contributed by atoms with E-state index in [-0.39, 0.29) is 18.1 Å². The van der Waals surface area contributed by atoms with Gasteiger partial charge in [-0.25, -0.2) is 4.79 Å². The van der Waals surface area contributed by atoms with E-state index in [2.05, 4.69) is 16.5 Å². The summed E-state index contributed by atoms with van der Waals surface area (Å²) < 4.78 is 39.2. The number of allylic oxidation sites excluding steroid dienone is 1. The van der Waals surface area contributed by atoms with Crippen LogP contribution in [0.15, 0.2) is 24.4 Å². The zero-order chi connectivity index (χ0) is 17.2. The number of likely N-dealkylation sites (tertiary alicyclic amines) is 1. The predicted molar refractivity (Wildman–Crippen MR) is 82.4 cm³/mol. The average Bonchev–Trinajstić information content (AvgIpc) is 3.06. The van der Waals surface area contributed by atoms with Crippen LogP contribution in [0, 0.1) is 0 Å². The Labute approximate surface area is 138 Å². The third-order valence-corrected chi connectivity index (χ3v) is 4.59. The number of hydrogen-bond donors (Lipinski definition) is 1. The minimum atomic E-state index is -4.42. The minimum Gasteiger partial charge on any atom is -0.332 e. The lowest BCUT2D eigenvalue weighted by atomic mass is 10.0. The van der Waals surface area contributed by atoms with Gasteiger partial charge < -0.3 is 10.2 Å². The molecule has 2 heterocycles. The maximum Gasteiger partial charge on any atom is 0.435 e. The van der Waals surface area contributed by atoms with Gasteiger partial charge in [-0.2, -0.15) is 18.3 Å². The van der Waals surface area contributed by atoms with Gasteiger partial charge in [0.05, 0.1) is 6.04 Å². The van der Waals surface area contributed by atoms with Gasteiger partial charge in [0.25, 0.3) is 0 Å². The third kappa shape index (κ3) is 3.91. The number of carbonyl (C=O) groups is 1. The lowest BCUT2D eigenvalue weighted by molar-refractivity contribution is -0.141. The van der Waals surface area contributed by atoms with Crippen LogP contribution in [0.1, 0.15) is 43.8 Å². The molecule has 0 spiro atoms. The van der Waals surface area contributed by atoms with E-state index in [0.717, 1.165) is 25.3 Å². The number of piperidine rings is 1. The van der Waals surface area contributed by atoms with Gasteiger partial charge in [0.15, 0.2) is 5.69 Å². The first-order chi connectivity index (χ1) is 11.4. The Kier molecular flexibility index (Phi) is 4.82. The molecule has 0 radical (unpaired) electrons. The summed E-state index contributed by atoms with van der Waals surface area (Å²) in [6.45, 7) is 1.04. The van der Waals surface area contributed by atoms with Crippen LogP contribution in [0.3, 0.4) is 0 Å². The molecule has 5 nitrogen and oxygen atoms in total. The summed E-state index contributed by atoms with van der Waals surface area (Å²) >= 11 is 0. The van der Waals surface area contributed by atoms with Crippen molar-refractivity contribution >= 4 is 6.03 Å². The van der Waals surface area contributed by atoms with E-state index in [1.807, 2.05) is 6.08 Å². The zero-order valence-electron chi connectivity index (χ0n) is 13.3. The Bertz CT molecular complexity index is 603. The predicted octanol–water partition coefficient (Wildman–Crippen LogP) is 3.36. The quantitative estimate of drug-likeness (QED) is 0.838. The van der Waals surface area contributed by atoms with Crippen LogP contribution in [-0.2, 0) is 6.18 Å². The number of alkyl halides is 3. The van der Waals surface area contributed by atoms with E-state index < -0.39 is 11.9 Å². The lowest BCUT2D eigenvalue weighted by Crippen LogP contribution is -2.47. The van der Waals surface area contributed by atoms with Crippen LogP contribution >= 0.6 is 0 Å². The molecule has 1 aromatic rings. The lowest BCUT2D eigenvalue weighted by Gasteiger charge is -2.33. The van der Waals surface area contributed by atoms with Crippen LogP contribution in [0.5, 0.6) is 0 Å². The number of amides is 2. The van der Waals surface area contributed by atoms with Gasteiger partial charge in [0.2, 0.25) is 0 Å². The molecule has 2 aliphatic rings. The summed E-state index contributed by atoms with van der Waals surface area (Å²) in [5, 5.41) is 6.63. The second-order valence-corrected chi connectivity index (χ2v) is 6.31. The van der Waals surface area contributed by atoms with Gasteiger partial charge in [-0.3, -0.25) is 4.68 Å². The molecule has 1 fully saturated rings. The van der Waals surface area contributed by atoms with Crippen molar-refractivity contribution in [2.75, 3.05) is 13.1 Å². The molecule has 1 atom stereocenters. The molecular weight excluding hydrogens is 321 g/mol. The normalized spacial score (nSPS) is 22.6. The highest BCUT2D eigenvalue weighted by molar-refractivity contribution is 5.74. The molecule has 1 N–H and O–H groups in total. The van der Waals surface area contributed by atoms with E-state index >= 15 is 0 Å². The highest BCUT2D eigenvalue weighted by Gasteiger charge is 2.34. The van der Waals surface area contributed by atoms with E-state index in [4.69, 9.17) is 0 Å². The Morgan fingerprint density at radius 3 is 2.58 bits per heavy atom. The van der Waals surface area contributed by atoms with Crippen molar-refractivity contribution in [3.63, 3.8) is 0 Å². The fraction of sp³-hybridized carbons (Fsp3) is 0.625. The summed E-state index contributed by atoms with van der Waals surface area (Å²) in [4.78, 5) is 14.0. The highest BCUT2D eigenvalue weighted by Crippen LogP contribution is 2.29. The number of nitrogens with zero attached hydrogens (tertiary/aromatic N) is 3. The Hall–Kier alpha value is -1.99. The van der Waals surface area contributed by atoms with Crippen molar-refractivity contribution in [2.24, 2.45) is 0 Å². The zero-order valence-corrected chi connectivity index (χ0v) is 13.3. The molecule has 1 saturated heterocycles. The van der Waals surface area contributed by atoms with Gasteiger partial charge in [0, 0.05) is 25.3 Å². The van der Waals surface area contributed by atoms with Gasteiger partial charge in [-0.05, 0) is 38.2 Å². The standard InChI is InChI=1S/C16H21F3N4O/c17-16(18,19)14-8-11-23(21-14)13-6-9-22(10-7-13)15(24)20-12-4-2-1-3-5-12/h2,4,8,11-13H,1,3,5-7,9-10H2,(H,20,24). The monoisotopic (exact) mass is 342 g/mol. The van der Waals surface area contributed by atoms with E-state index in [9.17, 15) is 18.0 Å². The molecule has 1 aromatic heterocycles. The number of halogens is 3. The molecule has 24 heavy (non-hydrogen) atoms. The van der Waals surface area contributed by atoms with Crippen LogP contribution in [0.4, 0.5) is 18.0 Å². The molecule has 1 aliphatic carbocycles. The van der Waals surface area contributed by atoms with Gasteiger partial charge >= 0.3 is 12.2 Å². The van der Waals surface area contributed by atoms with Crippen molar-refractivity contribution in [3.8, 4) is 0 Å². The summed E-state index contributed by atoms with van der Waals surface area (Å²) in [6, 6.07) is 0.889. The molecule has 0 saturated carbocycles. The van der Waals surface area contributed by atoms with Gasteiger partial charge in [-0.15, -0.1) is 0 Å². The van der Waals surface area contributed by atoms with Gasteiger partial charge in [-0.1, -0.05) is 12.2 Å². The Balaban J connectivity index is 1.52. The first kappa shape index (κ1) is 16.9. The summed E-state index contributed by atoms with van der Waals surface area (Å²) in [7, 11) is 0. The Morgan fingerprint density at radius 1 is 1.25 bits per heavy atom. The SMILES string of the molecule is O=C(NC1C=CCCC1)N1CCC(n2ccc(C(F)(F)F)n2)CC1. The number of rotatable bonds is 2. The minimum absolute atomic E-state index is 0.0874. The maximum atomic E-state index is 12.6. The number of nitrogens with one attached hydrogen (secondary N) is 1. The largest absolute Gasteiger partial charge is 0.435 e. The fourth-order valence-corrected chi connectivity index (χ4v) is 3.21. The van der Waals surface area contributed by atoms with Gasteiger partial charge in [0.1, 0.15) is 0 Å². The van der Waals surface area contributed by atoms with E-state index in [1.54, 1.807) is 4.90 Å². The topological polar surface area (TPSA) is 50.2 Å². The molecule has 0 bridgehead atoms. The highest BCUT2D eigenvalue weighted by atomic mass is 19.4. The Morgan fingerprint density at radius 2 is 2.00 bits per heavy atom. The molecule has 3 rings (SSSR count). The molecule has 0 aromatic carbocycles. The summed E-state index contributed by atoms with van der Waals surface area (Å²) in [5.74, 6) is 0.